The van der Waals surface area contributed by atoms with Crippen LogP contribution in [0.15, 0.2) is 4.79 Å². The minimum Gasteiger partial charge on any atom is -0.481 e. The lowest BCUT2D eigenvalue weighted by molar-refractivity contribution is -0.137. The topological polar surface area (TPSA) is 98.8 Å². The monoisotopic (exact) mass is 171 g/mol. The highest BCUT2D eigenvalue weighted by Gasteiger charge is 2.00. The molecular weight excluding hydrogens is 162 g/mol. The minimum absolute atomic E-state index is 0.0922. The molecule has 0 aliphatic carbocycles. The number of nitrogens with zero attached hydrogens (tertiary/aromatic N) is 1. The predicted molar refractivity (Wildman–Crippen MR) is 39.8 cm³/mol. The minimum atomic E-state index is -0.840. The number of carboxylic acids is 1. The smallest absolute Gasteiger partial charge is 0.340 e. The van der Waals surface area contributed by atoms with Gasteiger partial charge >= 0.3 is 11.7 Å². The summed E-state index contributed by atoms with van der Waals surface area (Å²) in [4.78, 5) is 23.0. The molecule has 12 heavy (non-hydrogen) atoms. The van der Waals surface area contributed by atoms with Gasteiger partial charge in [-0.25, -0.2) is 9.89 Å². The van der Waals surface area contributed by atoms with Crippen molar-refractivity contribution >= 4 is 5.97 Å². The van der Waals surface area contributed by atoms with Crippen LogP contribution in [0.4, 0.5) is 0 Å². The van der Waals surface area contributed by atoms with Gasteiger partial charge in [-0.05, 0) is 6.42 Å². The molecule has 0 bridgehead atoms. The molecule has 1 aromatic rings. The summed E-state index contributed by atoms with van der Waals surface area (Å²) < 4.78 is 0. The molecule has 0 atom stereocenters. The third-order valence-corrected chi connectivity index (χ3v) is 1.35. The molecule has 0 amide bonds. The van der Waals surface area contributed by atoms with Gasteiger partial charge in [-0.15, -0.1) is 0 Å². The van der Waals surface area contributed by atoms with E-state index in [2.05, 4.69) is 15.2 Å². The highest BCUT2D eigenvalue weighted by molar-refractivity contribution is 5.66. The molecule has 1 aromatic heterocycles. The van der Waals surface area contributed by atoms with Gasteiger partial charge in [0.1, 0.15) is 5.82 Å². The van der Waals surface area contributed by atoms with Gasteiger partial charge in [0.05, 0.1) is 0 Å². The van der Waals surface area contributed by atoms with E-state index in [1.54, 1.807) is 0 Å². The van der Waals surface area contributed by atoms with E-state index < -0.39 is 5.97 Å². The van der Waals surface area contributed by atoms with E-state index in [4.69, 9.17) is 5.11 Å². The summed E-state index contributed by atoms with van der Waals surface area (Å²) in [5.41, 5.74) is -0.361. The van der Waals surface area contributed by atoms with Crippen LogP contribution in [0.2, 0.25) is 0 Å². The van der Waals surface area contributed by atoms with Gasteiger partial charge in [-0.3, -0.25) is 9.78 Å². The van der Waals surface area contributed by atoms with Gasteiger partial charge in [-0.2, -0.15) is 5.10 Å². The normalized spacial score (nSPS) is 10.0. The van der Waals surface area contributed by atoms with Gasteiger partial charge in [0.2, 0.25) is 0 Å². The SMILES string of the molecule is O=C(O)CCCc1n[nH]c(=O)[nH]1. The Morgan fingerprint density at radius 1 is 1.58 bits per heavy atom. The molecule has 6 nitrogen and oxygen atoms in total. The first-order valence-corrected chi connectivity index (χ1v) is 3.54. The lowest BCUT2D eigenvalue weighted by Crippen LogP contribution is -2.01. The molecule has 0 saturated carbocycles. The Morgan fingerprint density at radius 3 is 2.83 bits per heavy atom. The summed E-state index contributed by atoms with van der Waals surface area (Å²) in [5.74, 6) is -0.339. The average molecular weight is 171 g/mol. The summed E-state index contributed by atoms with van der Waals surface area (Å²) in [6, 6.07) is 0. The Labute approximate surface area is 67.6 Å². The second-order valence-corrected chi connectivity index (χ2v) is 2.37. The van der Waals surface area contributed by atoms with Gasteiger partial charge in [0.15, 0.2) is 0 Å². The molecule has 0 saturated heterocycles. The molecule has 1 heterocycles. The largest absolute Gasteiger partial charge is 0.481 e. The van der Waals surface area contributed by atoms with Crippen LogP contribution in [0.3, 0.4) is 0 Å². The number of aliphatic carboxylic acids is 1. The Bertz CT molecular complexity index is 314. The third kappa shape index (κ3) is 2.57. The maximum atomic E-state index is 10.5. The number of aromatic amines is 2. The Kier molecular flexibility index (Phi) is 2.62. The molecule has 1 rings (SSSR count). The highest BCUT2D eigenvalue weighted by atomic mass is 16.4. The van der Waals surface area contributed by atoms with E-state index in [1.807, 2.05) is 0 Å². The Balaban J connectivity index is 2.33. The van der Waals surface area contributed by atoms with Crippen molar-refractivity contribution in [3.63, 3.8) is 0 Å². The lowest BCUT2D eigenvalue weighted by atomic mass is 10.2. The number of aromatic nitrogens is 3. The number of aryl methyl sites for hydroxylation is 1. The second kappa shape index (κ2) is 3.70. The van der Waals surface area contributed by atoms with Crippen molar-refractivity contribution in [2.24, 2.45) is 0 Å². The van der Waals surface area contributed by atoms with E-state index in [9.17, 15) is 9.59 Å². The summed E-state index contributed by atoms with van der Waals surface area (Å²) >= 11 is 0. The molecule has 66 valence electrons. The summed E-state index contributed by atoms with van der Waals surface area (Å²) in [6.07, 6.45) is 1.05. The Hall–Kier alpha value is -1.59. The van der Waals surface area contributed by atoms with Gasteiger partial charge in [-0.1, -0.05) is 0 Å². The van der Waals surface area contributed by atoms with Crippen LogP contribution in [0.5, 0.6) is 0 Å². The lowest BCUT2D eigenvalue weighted by Gasteiger charge is -1.91. The maximum Gasteiger partial charge on any atom is 0.340 e. The van der Waals surface area contributed by atoms with E-state index in [0.717, 1.165) is 0 Å². The van der Waals surface area contributed by atoms with Crippen molar-refractivity contribution < 1.29 is 9.90 Å². The zero-order valence-corrected chi connectivity index (χ0v) is 6.33. The van der Waals surface area contributed by atoms with Crippen LogP contribution in [0.25, 0.3) is 0 Å². The number of hydrogen-bond donors (Lipinski definition) is 3. The fourth-order valence-corrected chi connectivity index (χ4v) is 0.831. The first-order valence-electron chi connectivity index (χ1n) is 3.54. The number of carboxylic acid groups (broad SMARTS) is 1. The summed E-state index contributed by atoms with van der Waals surface area (Å²) in [6.45, 7) is 0. The molecule has 0 radical (unpaired) electrons. The second-order valence-electron chi connectivity index (χ2n) is 2.37. The molecule has 0 aliphatic heterocycles. The highest BCUT2D eigenvalue weighted by Crippen LogP contribution is 1.95. The molecule has 0 unspecified atom stereocenters. The van der Waals surface area contributed by atoms with Gasteiger partial charge in [0, 0.05) is 12.8 Å². The van der Waals surface area contributed by atoms with Crippen LogP contribution in [0.1, 0.15) is 18.7 Å². The van der Waals surface area contributed by atoms with E-state index in [0.29, 0.717) is 18.7 Å². The van der Waals surface area contributed by atoms with Gasteiger partial charge < -0.3 is 5.11 Å². The van der Waals surface area contributed by atoms with E-state index >= 15 is 0 Å². The molecular formula is C6H9N3O3. The summed E-state index contributed by atoms with van der Waals surface area (Å²) in [7, 11) is 0. The van der Waals surface area contributed by atoms with Crippen LogP contribution >= 0.6 is 0 Å². The summed E-state index contributed by atoms with van der Waals surface area (Å²) in [5, 5.41) is 14.1. The van der Waals surface area contributed by atoms with Crippen molar-refractivity contribution in [2.75, 3.05) is 0 Å². The molecule has 0 aliphatic rings. The molecule has 0 fully saturated rings. The van der Waals surface area contributed by atoms with Crippen molar-refractivity contribution in [1.82, 2.24) is 15.2 Å². The molecule has 0 aromatic carbocycles. The molecule has 6 heteroatoms. The maximum absolute atomic E-state index is 10.5. The zero-order chi connectivity index (χ0) is 8.97. The number of carbonyl (C=O) groups is 1. The zero-order valence-electron chi connectivity index (χ0n) is 6.33. The van der Waals surface area contributed by atoms with E-state index in [-0.39, 0.29) is 12.1 Å². The van der Waals surface area contributed by atoms with Crippen molar-refractivity contribution in [2.45, 2.75) is 19.3 Å². The molecule has 3 N–H and O–H groups in total. The predicted octanol–water partition coefficient (Wildman–Crippen LogP) is -0.495. The van der Waals surface area contributed by atoms with Crippen LogP contribution in [0, 0.1) is 0 Å². The van der Waals surface area contributed by atoms with Crippen LogP contribution in [-0.4, -0.2) is 26.3 Å². The van der Waals surface area contributed by atoms with Crippen LogP contribution < -0.4 is 5.69 Å². The first-order chi connectivity index (χ1) is 5.68. The van der Waals surface area contributed by atoms with Crippen molar-refractivity contribution in [3.8, 4) is 0 Å². The quantitative estimate of drug-likeness (QED) is 0.569. The van der Waals surface area contributed by atoms with E-state index in [1.165, 1.54) is 0 Å². The van der Waals surface area contributed by atoms with Crippen molar-refractivity contribution in [1.29, 1.82) is 0 Å². The number of rotatable bonds is 4. The van der Waals surface area contributed by atoms with Gasteiger partial charge in [0.25, 0.3) is 0 Å². The standard InChI is InChI=1S/C6H9N3O3/c10-5(11)3-1-2-4-7-6(12)9-8-4/h1-3H2,(H,10,11)(H2,7,8,9,12). The Morgan fingerprint density at radius 2 is 2.33 bits per heavy atom. The first kappa shape index (κ1) is 8.51. The number of nitrogens with one attached hydrogen (secondary N) is 2. The number of hydrogen-bond acceptors (Lipinski definition) is 3. The van der Waals surface area contributed by atoms with Crippen LogP contribution in [-0.2, 0) is 11.2 Å². The average Bonchev–Trinajstić information content (AvgIpc) is 2.35. The fraction of sp³-hybridized carbons (Fsp3) is 0.500. The fourth-order valence-electron chi connectivity index (χ4n) is 0.831. The number of H-pyrrole nitrogens is 2. The molecule has 0 spiro atoms. The van der Waals surface area contributed by atoms with Crippen molar-refractivity contribution in [3.05, 3.63) is 16.3 Å². The third-order valence-electron chi connectivity index (χ3n) is 1.35.